The molecule has 47 heavy (non-hydrogen) atoms. The van der Waals surface area contributed by atoms with Crippen LogP contribution in [0.3, 0.4) is 0 Å². The number of anilines is 2. The highest BCUT2D eigenvalue weighted by atomic mass is 16.3. The van der Waals surface area contributed by atoms with Gasteiger partial charge in [-0.3, -0.25) is 24.5 Å². The van der Waals surface area contributed by atoms with E-state index in [9.17, 15) is 14.7 Å². The molecule has 0 radical (unpaired) electrons. The van der Waals surface area contributed by atoms with Gasteiger partial charge in [-0.25, -0.2) is 0 Å². The molecule has 0 unspecified atom stereocenters. The number of pyridine rings is 2. The van der Waals surface area contributed by atoms with Crippen LogP contribution < -0.4 is 16.4 Å². The number of carbonyl (C=O) groups is 2. The number of amides is 2. The fourth-order valence-electron chi connectivity index (χ4n) is 6.79. The minimum absolute atomic E-state index is 0.244. The summed E-state index contributed by atoms with van der Waals surface area (Å²) in [7, 11) is 0. The molecule has 4 aromatic rings. The van der Waals surface area contributed by atoms with Gasteiger partial charge in [-0.1, -0.05) is 24.3 Å². The van der Waals surface area contributed by atoms with Crippen LogP contribution >= 0.6 is 0 Å². The van der Waals surface area contributed by atoms with Crippen LogP contribution in [0.25, 0.3) is 11.1 Å². The van der Waals surface area contributed by atoms with Gasteiger partial charge in [0.1, 0.15) is 11.4 Å². The number of carbonyl (C=O) groups excluding carboxylic acids is 2. The predicted octanol–water partition coefficient (Wildman–Crippen LogP) is 6.05. The lowest BCUT2D eigenvalue weighted by Gasteiger charge is -2.18. The lowest BCUT2D eigenvalue weighted by atomic mass is 9.94. The Morgan fingerprint density at radius 1 is 0.809 bits per heavy atom. The number of aliphatic hydroxyl groups excluding tert-OH is 1. The zero-order chi connectivity index (χ0) is 32.7. The van der Waals surface area contributed by atoms with Crippen molar-refractivity contribution in [3.63, 3.8) is 0 Å². The van der Waals surface area contributed by atoms with E-state index >= 15 is 0 Å². The van der Waals surface area contributed by atoms with Gasteiger partial charge in [0.2, 0.25) is 0 Å². The van der Waals surface area contributed by atoms with Crippen molar-refractivity contribution in [3.05, 3.63) is 106 Å². The Labute approximate surface area is 275 Å². The van der Waals surface area contributed by atoms with Gasteiger partial charge in [0, 0.05) is 49.9 Å². The van der Waals surface area contributed by atoms with Crippen molar-refractivity contribution < 1.29 is 14.7 Å². The molecule has 1 aliphatic heterocycles. The van der Waals surface area contributed by atoms with E-state index in [-0.39, 0.29) is 17.9 Å². The first kappa shape index (κ1) is 31.2. The SMILES string of the molecule is Cc1c(NC(=O)c2cc(C3CC3)c(CN)cn2)cccc1-c1cccc(NC(=O)c2cc(C3CC3)c(CN3CC[C@@H](O)C3)cn2)c1C. The molecule has 2 aromatic carbocycles. The standard InChI is InChI=1S/C38H42N6O3/c1-22-29(5-3-7-33(22)42-37(46)35-15-31(24-9-10-24)26(17-39)18-40-35)30-6-4-8-34(23(30)2)43-38(47)36-16-32(25-11-12-25)27(19-41-36)20-44-14-13-28(45)21-44/h3-8,15-16,18-19,24-25,28,45H,9-14,17,20-21,39H2,1-2H3,(H,42,46)(H,43,47)/t28-/m1/s1. The van der Waals surface area contributed by atoms with Gasteiger partial charge in [-0.15, -0.1) is 0 Å². The predicted molar refractivity (Wildman–Crippen MR) is 183 cm³/mol. The summed E-state index contributed by atoms with van der Waals surface area (Å²) in [6.07, 6.45) is 8.59. The average molecular weight is 631 g/mol. The maximum Gasteiger partial charge on any atom is 0.274 e. The fourth-order valence-corrected chi connectivity index (χ4v) is 6.79. The van der Waals surface area contributed by atoms with Crippen LogP contribution in [0, 0.1) is 13.8 Å². The number of likely N-dealkylation sites (tertiary alicyclic amines) is 1. The van der Waals surface area contributed by atoms with E-state index in [1.165, 1.54) is 5.56 Å². The molecular formula is C38H42N6O3. The van der Waals surface area contributed by atoms with Gasteiger partial charge in [-0.2, -0.15) is 0 Å². The highest BCUT2D eigenvalue weighted by Gasteiger charge is 2.30. The van der Waals surface area contributed by atoms with E-state index in [0.29, 0.717) is 47.7 Å². The number of aliphatic hydroxyl groups is 1. The Hall–Kier alpha value is -4.44. The monoisotopic (exact) mass is 630 g/mol. The molecule has 5 N–H and O–H groups in total. The van der Waals surface area contributed by atoms with E-state index in [0.717, 1.165) is 84.1 Å². The summed E-state index contributed by atoms with van der Waals surface area (Å²) in [6, 6.07) is 15.6. The third-order valence-electron chi connectivity index (χ3n) is 9.86. The minimum atomic E-state index is -0.265. The second-order valence-corrected chi connectivity index (χ2v) is 13.3. The molecule has 9 heteroatoms. The van der Waals surface area contributed by atoms with E-state index in [1.54, 1.807) is 6.20 Å². The fraction of sp³-hybridized carbons (Fsp3) is 0.368. The molecule has 2 amide bonds. The molecule has 0 spiro atoms. The van der Waals surface area contributed by atoms with Crippen LogP contribution in [0.2, 0.25) is 0 Å². The van der Waals surface area contributed by atoms with Crippen molar-refractivity contribution in [2.75, 3.05) is 23.7 Å². The van der Waals surface area contributed by atoms with Gasteiger partial charge < -0.3 is 21.5 Å². The third kappa shape index (κ3) is 6.70. The Kier molecular flexibility index (Phi) is 8.61. The zero-order valence-electron chi connectivity index (χ0n) is 27.1. The highest BCUT2D eigenvalue weighted by molar-refractivity contribution is 6.05. The summed E-state index contributed by atoms with van der Waals surface area (Å²) >= 11 is 0. The average Bonchev–Trinajstić information content (AvgIpc) is 4.01. The summed E-state index contributed by atoms with van der Waals surface area (Å²) in [5, 5.41) is 16.1. The molecule has 3 heterocycles. The maximum atomic E-state index is 13.5. The minimum Gasteiger partial charge on any atom is -0.392 e. The Morgan fingerprint density at radius 2 is 1.32 bits per heavy atom. The number of nitrogens with two attached hydrogens (primary N) is 1. The molecule has 1 saturated heterocycles. The number of nitrogens with one attached hydrogen (secondary N) is 2. The lowest BCUT2D eigenvalue weighted by Crippen LogP contribution is -2.23. The maximum absolute atomic E-state index is 13.5. The lowest BCUT2D eigenvalue weighted by molar-refractivity contribution is 0.101. The first-order valence-electron chi connectivity index (χ1n) is 16.7. The number of hydrogen-bond acceptors (Lipinski definition) is 7. The van der Waals surface area contributed by atoms with Gasteiger partial charge in [0.05, 0.1) is 6.10 Å². The van der Waals surface area contributed by atoms with E-state index < -0.39 is 0 Å². The number of hydrogen-bond donors (Lipinski definition) is 4. The normalized spacial score (nSPS) is 17.9. The van der Waals surface area contributed by atoms with Crippen LogP contribution in [0.5, 0.6) is 0 Å². The van der Waals surface area contributed by atoms with Crippen LogP contribution in [0.4, 0.5) is 11.4 Å². The molecule has 3 aliphatic rings. The summed E-state index contributed by atoms with van der Waals surface area (Å²) in [6.45, 7) is 6.70. The van der Waals surface area contributed by atoms with E-state index in [4.69, 9.17) is 5.73 Å². The van der Waals surface area contributed by atoms with Crippen molar-refractivity contribution in [1.29, 1.82) is 0 Å². The molecule has 2 aliphatic carbocycles. The molecule has 242 valence electrons. The smallest absolute Gasteiger partial charge is 0.274 e. The van der Waals surface area contributed by atoms with Crippen LogP contribution in [-0.2, 0) is 13.1 Å². The van der Waals surface area contributed by atoms with Gasteiger partial charge >= 0.3 is 0 Å². The summed E-state index contributed by atoms with van der Waals surface area (Å²) in [5.74, 6) is 0.437. The Morgan fingerprint density at radius 3 is 1.79 bits per heavy atom. The Balaban J connectivity index is 1.09. The molecule has 3 fully saturated rings. The second-order valence-electron chi connectivity index (χ2n) is 13.3. The van der Waals surface area contributed by atoms with Crippen LogP contribution in [0.1, 0.15) is 98.3 Å². The van der Waals surface area contributed by atoms with E-state index in [2.05, 4.69) is 25.5 Å². The number of nitrogens with zero attached hydrogens (tertiary/aromatic N) is 3. The quantitative estimate of drug-likeness (QED) is 0.168. The molecule has 9 nitrogen and oxygen atoms in total. The second kappa shape index (κ2) is 13.0. The summed E-state index contributed by atoms with van der Waals surface area (Å²) in [5.41, 5.74) is 16.4. The number of aromatic nitrogens is 2. The summed E-state index contributed by atoms with van der Waals surface area (Å²) < 4.78 is 0. The van der Waals surface area contributed by atoms with Gasteiger partial charge in [-0.05, 0) is 127 Å². The molecule has 7 rings (SSSR count). The topological polar surface area (TPSA) is 133 Å². The largest absolute Gasteiger partial charge is 0.392 e. The molecule has 1 atom stereocenters. The number of benzene rings is 2. The molecule has 0 bridgehead atoms. The van der Waals surface area contributed by atoms with Crippen molar-refractivity contribution in [2.24, 2.45) is 5.73 Å². The Bertz CT molecular complexity index is 1850. The third-order valence-corrected chi connectivity index (χ3v) is 9.86. The van der Waals surface area contributed by atoms with Crippen LogP contribution in [0.15, 0.2) is 60.9 Å². The molecular weight excluding hydrogens is 588 g/mol. The zero-order valence-corrected chi connectivity index (χ0v) is 27.1. The first-order chi connectivity index (χ1) is 22.8. The van der Waals surface area contributed by atoms with Crippen molar-refractivity contribution >= 4 is 23.2 Å². The van der Waals surface area contributed by atoms with E-state index in [1.807, 2.05) is 68.6 Å². The van der Waals surface area contributed by atoms with Crippen molar-refractivity contribution in [2.45, 2.75) is 77.0 Å². The molecule has 2 saturated carbocycles. The number of rotatable bonds is 10. The highest BCUT2D eigenvalue weighted by Crippen LogP contribution is 2.43. The van der Waals surface area contributed by atoms with Crippen molar-refractivity contribution in [1.82, 2.24) is 14.9 Å². The first-order valence-corrected chi connectivity index (χ1v) is 16.7. The van der Waals surface area contributed by atoms with Crippen LogP contribution in [-0.4, -0.2) is 51.0 Å². The van der Waals surface area contributed by atoms with Gasteiger partial charge in [0.25, 0.3) is 11.8 Å². The van der Waals surface area contributed by atoms with Gasteiger partial charge in [0.15, 0.2) is 0 Å². The summed E-state index contributed by atoms with van der Waals surface area (Å²) in [4.78, 5) is 38.1. The van der Waals surface area contributed by atoms with Crippen molar-refractivity contribution in [3.8, 4) is 11.1 Å². The number of β-amino-alcohol motifs (C(OH)–C–C–N with tert-alkyl or cyclic N) is 1. The molecule has 2 aromatic heterocycles.